The molecule has 0 bridgehead atoms. The van der Waals surface area contributed by atoms with Gasteiger partial charge in [0.25, 0.3) is 0 Å². The van der Waals surface area contributed by atoms with Crippen LogP contribution in [0.3, 0.4) is 0 Å². The van der Waals surface area contributed by atoms with E-state index in [0.717, 1.165) is 11.1 Å². The maximum atomic E-state index is 12.7. The number of carbonyl (C=O) groups is 1. The van der Waals surface area contributed by atoms with Crippen LogP contribution in [0.5, 0.6) is 5.75 Å². The van der Waals surface area contributed by atoms with Gasteiger partial charge in [-0.3, -0.25) is 4.79 Å². The van der Waals surface area contributed by atoms with Crippen LogP contribution in [-0.4, -0.2) is 17.6 Å². The monoisotopic (exact) mass is 368 g/mol. The van der Waals surface area contributed by atoms with Gasteiger partial charge >= 0.3 is 0 Å². The van der Waals surface area contributed by atoms with Crippen molar-refractivity contribution in [3.8, 4) is 5.75 Å². The highest BCUT2D eigenvalue weighted by molar-refractivity contribution is 6.32. The predicted octanol–water partition coefficient (Wildman–Crippen LogP) is 5.08. The largest absolute Gasteiger partial charge is 0.495 e. The zero-order valence-electron chi connectivity index (χ0n) is 14.8. The third-order valence-corrected chi connectivity index (χ3v) is 4.64. The van der Waals surface area contributed by atoms with Gasteiger partial charge in [0.1, 0.15) is 5.75 Å². The van der Waals surface area contributed by atoms with Crippen molar-refractivity contribution in [2.24, 2.45) is 0 Å². The zero-order chi connectivity index (χ0) is 18.5. The fourth-order valence-corrected chi connectivity index (χ4v) is 3.28. The lowest BCUT2D eigenvalue weighted by molar-refractivity contribution is -0.116. The number of amides is 1. The second-order valence-corrected chi connectivity index (χ2v) is 6.51. The maximum Gasteiger partial charge on any atom is 0.226 e. The summed E-state index contributed by atoms with van der Waals surface area (Å²) < 4.78 is 7.20. The zero-order valence-corrected chi connectivity index (χ0v) is 15.5. The molecular weight excluding hydrogens is 348 g/mol. The number of carbonyl (C=O) groups excluding carboxylic acids is 1. The Morgan fingerprint density at radius 3 is 2.54 bits per heavy atom. The van der Waals surface area contributed by atoms with Gasteiger partial charge in [0.15, 0.2) is 0 Å². The van der Waals surface area contributed by atoms with E-state index in [1.165, 1.54) is 0 Å². The molecule has 3 rings (SSSR count). The Labute approximate surface area is 158 Å². The van der Waals surface area contributed by atoms with Gasteiger partial charge in [-0.05, 0) is 48.4 Å². The molecule has 1 aromatic heterocycles. The lowest BCUT2D eigenvalue weighted by Gasteiger charge is -2.21. The summed E-state index contributed by atoms with van der Waals surface area (Å²) in [5.41, 5.74) is 2.94. The fourth-order valence-electron chi connectivity index (χ4n) is 3.02. The SMILES string of the molecule is COc1ccc(NC(=O)C[C@H](c2ccccc2C)n2cccc2)cc1Cl. The van der Waals surface area contributed by atoms with Gasteiger partial charge in [-0.2, -0.15) is 0 Å². The number of rotatable bonds is 6. The van der Waals surface area contributed by atoms with Crippen molar-refractivity contribution >= 4 is 23.2 Å². The number of aryl methyl sites for hydroxylation is 1. The van der Waals surface area contributed by atoms with Crippen LogP contribution >= 0.6 is 11.6 Å². The molecular formula is C21H21ClN2O2. The molecule has 26 heavy (non-hydrogen) atoms. The van der Waals surface area contributed by atoms with Crippen molar-refractivity contribution in [1.29, 1.82) is 0 Å². The average Bonchev–Trinajstić information content (AvgIpc) is 3.15. The summed E-state index contributed by atoms with van der Waals surface area (Å²) in [6.07, 6.45) is 4.28. The Morgan fingerprint density at radius 2 is 1.88 bits per heavy atom. The molecule has 0 unspecified atom stereocenters. The molecule has 2 aromatic carbocycles. The molecule has 5 heteroatoms. The van der Waals surface area contributed by atoms with Gasteiger partial charge in [0.2, 0.25) is 5.91 Å². The summed E-state index contributed by atoms with van der Waals surface area (Å²) in [4.78, 5) is 12.7. The molecule has 1 heterocycles. The minimum atomic E-state index is -0.0758. The number of aromatic nitrogens is 1. The molecule has 0 aliphatic rings. The molecule has 134 valence electrons. The first-order chi connectivity index (χ1) is 12.6. The highest BCUT2D eigenvalue weighted by atomic mass is 35.5. The van der Waals surface area contributed by atoms with E-state index in [2.05, 4.69) is 28.9 Å². The molecule has 0 fully saturated rings. The maximum absolute atomic E-state index is 12.7. The number of nitrogens with zero attached hydrogens (tertiary/aromatic N) is 1. The Bertz CT molecular complexity index is 891. The van der Waals surface area contributed by atoms with Gasteiger partial charge in [0, 0.05) is 18.1 Å². The first-order valence-corrected chi connectivity index (χ1v) is 8.77. The van der Waals surface area contributed by atoms with Crippen molar-refractivity contribution in [3.05, 3.63) is 83.1 Å². The van der Waals surface area contributed by atoms with Crippen LogP contribution in [0.4, 0.5) is 5.69 Å². The van der Waals surface area contributed by atoms with Crippen LogP contribution in [-0.2, 0) is 4.79 Å². The summed E-state index contributed by atoms with van der Waals surface area (Å²) in [5, 5.41) is 3.39. The highest BCUT2D eigenvalue weighted by Gasteiger charge is 2.19. The molecule has 1 atom stereocenters. The second-order valence-electron chi connectivity index (χ2n) is 6.10. The van der Waals surface area contributed by atoms with E-state index in [-0.39, 0.29) is 11.9 Å². The number of halogens is 1. The van der Waals surface area contributed by atoms with Crippen molar-refractivity contribution in [1.82, 2.24) is 4.57 Å². The molecule has 0 radical (unpaired) electrons. The van der Waals surface area contributed by atoms with Gasteiger partial charge in [-0.25, -0.2) is 0 Å². The van der Waals surface area contributed by atoms with Crippen LogP contribution in [0.1, 0.15) is 23.6 Å². The molecule has 0 aliphatic carbocycles. The van der Waals surface area contributed by atoms with Crippen LogP contribution in [0.2, 0.25) is 5.02 Å². The minimum Gasteiger partial charge on any atom is -0.495 e. The van der Waals surface area contributed by atoms with Crippen LogP contribution in [0.25, 0.3) is 0 Å². The third-order valence-electron chi connectivity index (χ3n) is 4.35. The van der Waals surface area contributed by atoms with Gasteiger partial charge in [-0.15, -0.1) is 0 Å². The Kier molecular flexibility index (Phi) is 5.64. The highest BCUT2D eigenvalue weighted by Crippen LogP contribution is 2.29. The van der Waals surface area contributed by atoms with Gasteiger partial charge < -0.3 is 14.6 Å². The topological polar surface area (TPSA) is 43.3 Å². The lowest BCUT2D eigenvalue weighted by atomic mass is 9.98. The second kappa shape index (κ2) is 8.11. The quantitative estimate of drug-likeness (QED) is 0.659. The van der Waals surface area contributed by atoms with E-state index in [1.54, 1.807) is 25.3 Å². The Balaban J connectivity index is 1.80. The number of anilines is 1. The average molecular weight is 369 g/mol. The standard InChI is InChI=1S/C21H21ClN2O2/c1-15-7-3-4-8-17(15)19(24-11-5-6-12-24)14-21(25)23-16-9-10-20(26-2)18(22)13-16/h3-13,19H,14H2,1-2H3,(H,23,25)/t19-/m1/s1. The van der Waals surface area contributed by atoms with Gasteiger partial charge in [-0.1, -0.05) is 35.9 Å². The molecule has 0 saturated carbocycles. The number of methoxy groups -OCH3 is 1. The normalized spacial score (nSPS) is 11.8. The van der Waals surface area contributed by atoms with Crippen LogP contribution in [0.15, 0.2) is 67.0 Å². The van der Waals surface area contributed by atoms with Crippen LogP contribution < -0.4 is 10.1 Å². The first kappa shape index (κ1) is 18.1. The van der Waals surface area contributed by atoms with Gasteiger partial charge in [0.05, 0.1) is 24.6 Å². The van der Waals surface area contributed by atoms with E-state index in [4.69, 9.17) is 16.3 Å². The van der Waals surface area contributed by atoms with Crippen molar-refractivity contribution in [2.75, 3.05) is 12.4 Å². The Morgan fingerprint density at radius 1 is 1.15 bits per heavy atom. The molecule has 3 aromatic rings. The molecule has 0 saturated heterocycles. The van der Waals surface area contributed by atoms with E-state index in [0.29, 0.717) is 22.9 Å². The van der Waals surface area contributed by atoms with E-state index >= 15 is 0 Å². The number of hydrogen-bond acceptors (Lipinski definition) is 2. The number of hydrogen-bond donors (Lipinski definition) is 1. The van der Waals surface area contributed by atoms with Crippen molar-refractivity contribution < 1.29 is 9.53 Å². The molecule has 1 amide bonds. The number of nitrogens with one attached hydrogen (secondary N) is 1. The Hall–Kier alpha value is -2.72. The van der Waals surface area contributed by atoms with E-state index in [9.17, 15) is 4.79 Å². The first-order valence-electron chi connectivity index (χ1n) is 8.40. The molecule has 4 nitrogen and oxygen atoms in total. The predicted molar refractivity (Wildman–Crippen MR) is 105 cm³/mol. The van der Waals surface area contributed by atoms with Crippen molar-refractivity contribution in [2.45, 2.75) is 19.4 Å². The van der Waals surface area contributed by atoms with E-state index < -0.39 is 0 Å². The summed E-state index contributed by atoms with van der Waals surface area (Å²) in [5.74, 6) is 0.503. The third kappa shape index (κ3) is 4.09. The fraction of sp³-hybridized carbons (Fsp3) is 0.190. The summed E-state index contributed by atoms with van der Waals surface area (Å²) >= 11 is 6.14. The summed E-state index contributed by atoms with van der Waals surface area (Å²) in [7, 11) is 1.56. The lowest BCUT2D eigenvalue weighted by Crippen LogP contribution is -2.20. The van der Waals surface area contributed by atoms with Crippen LogP contribution in [0, 0.1) is 6.92 Å². The summed E-state index contributed by atoms with van der Waals surface area (Å²) in [6.45, 7) is 2.06. The molecule has 0 aliphatic heterocycles. The van der Waals surface area contributed by atoms with E-state index in [1.807, 2.05) is 36.7 Å². The number of benzene rings is 2. The smallest absolute Gasteiger partial charge is 0.226 e. The summed E-state index contributed by atoms with van der Waals surface area (Å²) in [6, 6.07) is 17.2. The molecule has 0 spiro atoms. The number of ether oxygens (including phenoxy) is 1. The van der Waals surface area contributed by atoms with Crippen molar-refractivity contribution in [3.63, 3.8) is 0 Å². The molecule has 1 N–H and O–H groups in total. The minimum absolute atomic E-state index is 0.0695.